The molecule has 0 spiro atoms. The van der Waals surface area contributed by atoms with Crippen LogP contribution in [0.5, 0.6) is 0 Å². The van der Waals surface area contributed by atoms with Gasteiger partial charge in [0.05, 0.1) is 16.7 Å². The summed E-state index contributed by atoms with van der Waals surface area (Å²) in [5.74, 6) is -1.55. The molecule has 0 aliphatic heterocycles. The van der Waals surface area contributed by atoms with Crippen LogP contribution >= 0.6 is 0 Å². The molecule has 6 heteroatoms. The highest BCUT2D eigenvalue weighted by molar-refractivity contribution is 6.00. The number of hydrogen-bond acceptors (Lipinski definition) is 6. The zero-order valence-electron chi connectivity index (χ0n) is 15.3. The molecular weight excluding hydrogens is 348 g/mol. The number of benzene rings is 1. The van der Waals surface area contributed by atoms with Crippen molar-refractivity contribution in [1.29, 1.82) is 0 Å². The average molecular weight is 372 g/mol. The highest BCUT2D eigenvalue weighted by atomic mass is 16.6. The Morgan fingerprint density at radius 3 is 1.00 bits per heavy atom. The van der Waals surface area contributed by atoms with Crippen molar-refractivity contribution in [3.8, 4) is 0 Å². The Kier molecular flexibility index (Phi) is 5.14. The van der Waals surface area contributed by atoms with Crippen LogP contribution < -0.4 is 0 Å². The van der Waals surface area contributed by atoms with Crippen molar-refractivity contribution in [1.82, 2.24) is 0 Å². The molecule has 0 N–H and O–H groups in total. The van der Waals surface area contributed by atoms with Crippen molar-refractivity contribution in [2.45, 2.75) is 76.1 Å². The van der Waals surface area contributed by atoms with Crippen LogP contribution in [0, 0.1) is 0 Å². The zero-order chi connectivity index (χ0) is 18.8. The summed E-state index contributed by atoms with van der Waals surface area (Å²) >= 11 is 0. The summed E-state index contributed by atoms with van der Waals surface area (Å²) in [6.07, 6.45) is 8.03. The van der Waals surface area contributed by atoms with Crippen molar-refractivity contribution >= 4 is 17.9 Å². The standard InChI is InChI=1S/C21H24O6/c22-19(25-16-4-1-5-16)13-10-14(20(23)26-17-6-2-7-17)12-15(11-13)21(24)27-18-8-3-9-18/h10-12,16-18H,1-9H2. The topological polar surface area (TPSA) is 78.9 Å². The van der Waals surface area contributed by atoms with Crippen LogP contribution in [0.3, 0.4) is 0 Å². The summed E-state index contributed by atoms with van der Waals surface area (Å²) in [5, 5.41) is 0. The summed E-state index contributed by atoms with van der Waals surface area (Å²) in [4.78, 5) is 37.4. The van der Waals surface area contributed by atoms with Crippen LogP contribution in [-0.2, 0) is 14.2 Å². The maximum Gasteiger partial charge on any atom is 0.338 e. The normalized spacial score (nSPS) is 20.0. The SMILES string of the molecule is O=C(OC1CCC1)c1cc(C(=O)OC2CCC2)cc(C(=O)OC2CCC2)c1. The lowest BCUT2D eigenvalue weighted by Gasteiger charge is -2.26. The summed E-state index contributed by atoms with van der Waals surface area (Å²) in [6, 6.07) is 4.34. The molecule has 0 unspecified atom stereocenters. The van der Waals surface area contributed by atoms with Gasteiger partial charge in [0, 0.05) is 0 Å². The van der Waals surface area contributed by atoms with Gasteiger partial charge >= 0.3 is 17.9 Å². The quantitative estimate of drug-likeness (QED) is 0.558. The Labute approximate surface area is 158 Å². The fourth-order valence-electron chi connectivity index (χ4n) is 3.11. The molecule has 3 aliphatic rings. The van der Waals surface area contributed by atoms with Gasteiger partial charge in [0.1, 0.15) is 18.3 Å². The minimum Gasteiger partial charge on any atom is -0.459 e. The van der Waals surface area contributed by atoms with Gasteiger partial charge in [0.2, 0.25) is 0 Å². The van der Waals surface area contributed by atoms with E-state index in [1.807, 2.05) is 0 Å². The zero-order valence-corrected chi connectivity index (χ0v) is 15.3. The molecule has 27 heavy (non-hydrogen) atoms. The van der Waals surface area contributed by atoms with Crippen molar-refractivity contribution in [2.24, 2.45) is 0 Å². The predicted octanol–water partition coefficient (Wildman–Crippen LogP) is 3.81. The third-order valence-corrected chi connectivity index (χ3v) is 5.62. The van der Waals surface area contributed by atoms with Gasteiger partial charge in [-0.05, 0) is 76.0 Å². The van der Waals surface area contributed by atoms with E-state index in [1.54, 1.807) is 0 Å². The van der Waals surface area contributed by atoms with Gasteiger partial charge in [-0.2, -0.15) is 0 Å². The Morgan fingerprint density at radius 2 is 0.815 bits per heavy atom. The smallest absolute Gasteiger partial charge is 0.338 e. The van der Waals surface area contributed by atoms with E-state index in [-0.39, 0.29) is 35.0 Å². The van der Waals surface area contributed by atoms with Gasteiger partial charge in [-0.1, -0.05) is 0 Å². The highest BCUT2D eigenvalue weighted by Gasteiger charge is 2.28. The molecule has 0 aromatic heterocycles. The second-order valence-electron chi connectivity index (χ2n) is 7.67. The first-order chi connectivity index (χ1) is 13.1. The first-order valence-electron chi connectivity index (χ1n) is 9.86. The minimum atomic E-state index is -0.518. The summed E-state index contributed by atoms with van der Waals surface area (Å²) in [6.45, 7) is 0. The van der Waals surface area contributed by atoms with E-state index in [0.29, 0.717) is 0 Å². The number of hydrogen-bond donors (Lipinski definition) is 0. The van der Waals surface area contributed by atoms with E-state index in [4.69, 9.17) is 14.2 Å². The first-order valence-corrected chi connectivity index (χ1v) is 9.86. The van der Waals surface area contributed by atoms with Crippen LogP contribution in [0.2, 0.25) is 0 Å². The second-order valence-corrected chi connectivity index (χ2v) is 7.67. The Balaban J connectivity index is 1.54. The monoisotopic (exact) mass is 372 g/mol. The van der Waals surface area contributed by atoms with Crippen LogP contribution in [-0.4, -0.2) is 36.2 Å². The largest absolute Gasteiger partial charge is 0.459 e. The number of ether oxygens (including phenoxy) is 3. The molecule has 3 aliphatic carbocycles. The molecule has 0 bridgehead atoms. The summed E-state index contributed by atoms with van der Waals surface area (Å²) in [5.41, 5.74) is 0.557. The fourth-order valence-corrected chi connectivity index (χ4v) is 3.11. The third kappa shape index (κ3) is 4.15. The van der Waals surface area contributed by atoms with Gasteiger partial charge in [0.25, 0.3) is 0 Å². The van der Waals surface area contributed by atoms with Gasteiger partial charge in [-0.3, -0.25) is 0 Å². The Bertz CT molecular complexity index is 631. The van der Waals surface area contributed by atoms with Crippen LogP contribution in [0.25, 0.3) is 0 Å². The van der Waals surface area contributed by atoms with Crippen molar-refractivity contribution in [3.05, 3.63) is 34.9 Å². The van der Waals surface area contributed by atoms with Crippen LogP contribution in [0.15, 0.2) is 18.2 Å². The van der Waals surface area contributed by atoms with E-state index in [1.165, 1.54) is 18.2 Å². The Hall–Kier alpha value is -2.37. The van der Waals surface area contributed by atoms with Crippen molar-refractivity contribution < 1.29 is 28.6 Å². The van der Waals surface area contributed by atoms with Crippen molar-refractivity contribution in [2.75, 3.05) is 0 Å². The van der Waals surface area contributed by atoms with Gasteiger partial charge in [-0.25, -0.2) is 14.4 Å². The maximum atomic E-state index is 12.5. The molecule has 1 aromatic rings. The molecule has 0 atom stereocenters. The van der Waals surface area contributed by atoms with E-state index in [9.17, 15) is 14.4 Å². The lowest BCUT2D eigenvalue weighted by molar-refractivity contribution is 0.00871. The molecule has 6 nitrogen and oxygen atoms in total. The van der Waals surface area contributed by atoms with E-state index in [2.05, 4.69) is 0 Å². The molecule has 4 rings (SSSR count). The summed E-state index contributed by atoms with van der Waals surface area (Å²) in [7, 11) is 0. The molecule has 0 radical (unpaired) electrons. The minimum absolute atomic E-state index is 0.0755. The second kappa shape index (κ2) is 7.71. The van der Waals surface area contributed by atoms with Gasteiger partial charge < -0.3 is 14.2 Å². The van der Waals surface area contributed by atoms with Gasteiger partial charge in [-0.15, -0.1) is 0 Å². The van der Waals surface area contributed by atoms with Gasteiger partial charge in [0.15, 0.2) is 0 Å². The lowest BCUT2D eigenvalue weighted by Crippen LogP contribution is -2.27. The Morgan fingerprint density at radius 1 is 0.556 bits per heavy atom. The molecule has 0 amide bonds. The lowest BCUT2D eigenvalue weighted by atomic mass is 9.95. The predicted molar refractivity (Wildman–Crippen MR) is 95.6 cm³/mol. The number of rotatable bonds is 6. The molecule has 0 saturated heterocycles. The van der Waals surface area contributed by atoms with Crippen molar-refractivity contribution in [3.63, 3.8) is 0 Å². The van der Waals surface area contributed by atoms with E-state index < -0.39 is 17.9 Å². The number of carbonyl (C=O) groups is 3. The van der Waals surface area contributed by atoms with E-state index >= 15 is 0 Å². The molecular formula is C21H24O6. The number of esters is 3. The molecule has 144 valence electrons. The third-order valence-electron chi connectivity index (χ3n) is 5.62. The van der Waals surface area contributed by atoms with Crippen LogP contribution in [0.1, 0.15) is 88.9 Å². The maximum absolute atomic E-state index is 12.5. The van der Waals surface area contributed by atoms with E-state index in [0.717, 1.165) is 57.8 Å². The molecule has 3 saturated carbocycles. The molecule has 0 heterocycles. The molecule has 3 fully saturated rings. The number of carbonyl (C=O) groups excluding carboxylic acids is 3. The average Bonchev–Trinajstić information content (AvgIpc) is 2.56. The first kappa shape index (κ1) is 18.0. The fraction of sp³-hybridized carbons (Fsp3) is 0.571. The highest BCUT2D eigenvalue weighted by Crippen LogP contribution is 2.27. The van der Waals surface area contributed by atoms with Crippen LogP contribution in [0.4, 0.5) is 0 Å². The molecule has 1 aromatic carbocycles. The summed E-state index contributed by atoms with van der Waals surface area (Å²) < 4.78 is 16.3.